The van der Waals surface area contributed by atoms with Crippen molar-refractivity contribution in [3.05, 3.63) is 28.2 Å². The van der Waals surface area contributed by atoms with Crippen molar-refractivity contribution in [1.82, 2.24) is 5.32 Å². The first-order valence-electron chi connectivity index (χ1n) is 6.91. The number of nitrogens with one attached hydrogen (secondary N) is 1. The summed E-state index contributed by atoms with van der Waals surface area (Å²) in [5, 5.41) is 3.44. The van der Waals surface area contributed by atoms with Gasteiger partial charge in [-0.1, -0.05) is 28.9 Å². The van der Waals surface area contributed by atoms with Gasteiger partial charge in [-0.05, 0) is 49.4 Å². The minimum atomic E-state index is 0.930. The zero-order valence-corrected chi connectivity index (χ0v) is 13.0. The second-order valence-corrected chi connectivity index (χ2v) is 6.13. The third kappa shape index (κ3) is 3.99. The van der Waals surface area contributed by atoms with E-state index in [1.54, 1.807) is 0 Å². The Morgan fingerprint density at radius 1 is 1.39 bits per heavy atom. The van der Waals surface area contributed by atoms with Gasteiger partial charge in [-0.25, -0.2) is 0 Å². The second kappa shape index (κ2) is 6.58. The molecule has 0 heterocycles. The van der Waals surface area contributed by atoms with Crippen LogP contribution < -0.4 is 10.2 Å². The smallest absolute Gasteiger partial charge is 0.0375 e. The molecule has 1 aromatic rings. The van der Waals surface area contributed by atoms with E-state index in [0.29, 0.717) is 0 Å². The Morgan fingerprint density at radius 2 is 2.17 bits per heavy atom. The third-order valence-corrected chi connectivity index (χ3v) is 4.19. The van der Waals surface area contributed by atoms with Crippen molar-refractivity contribution >= 4 is 21.6 Å². The van der Waals surface area contributed by atoms with E-state index >= 15 is 0 Å². The van der Waals surface area contributed by atoms with E-state index in [1.807, 2.05) is 0 Å². The number of rotatable bonds is 7. The molecular formula is C15H23BrN2. The lowest BCUT2D eigenvalue weighted by Gasteiger charge is -2.20. The molecule has 2 nitrogen and oxygen atoms in total. The first kappa shape index (κ1) is 13.9. The quantitative estimate of drug-likeness (QED) is 0.771. The Hall–Kier alpha value is -0.540. The Kier molecular flexibility index (Phi) is 5.07. The highest BCUT2D eigenvalue weighted by Gasteiger charge is 2.23. The van der Waals surface area contributed by atoms with Gasteiger partial charge in [0.1, 0.15) is 0 Å². The summed E-state index contributed by atoms with van der Waals surface area (Å²) < 4.78 is 1.21. The minimum Gasteiger partial charge on any atom is -0.374 e. The van der Waals surface area contributed by atoms with E-state index in [-0.39, 0.29) is 0 Å². The van der Waals surface area contributed by atoms with Crippen LogP contribution in [0.15, 0.2) is 22.7 Å². The van der Waals surface area contributed by atoms with Gasteiger partial charge in [0.2, 0.25) is 0 Å². The number of nitrogens with zero attached hydrogens (tertiary/aromatic N) is 1. The van der Waals surface area contributed by atoms with Crippen molar-refractivity contribution < 1.29 is 0 Å². The molecule has 1 aromatic carbocycles. The molecule has 1 saturated carbocycles. The van der Waals surface area contributed by atoms with Crippen molar-refractivity contribution in [3.8, 4) is 0 Å². The maximum Gasteiger partial charge on any atom is 0.0375 e. The molecule has 1 fully saturated rings. The molecule has 0 bridgehead atoms. The molecule has 100 valence electrons. The van der Waals surface area contributed by atoms with E-state index in [9.17, 15) is 0 Å². The van der Waals surface area contributed by atoms with Crippen LogP contribution in [0.3, 0.4) is 0 Å². The minimum absolute atomic E-state index is 0.930. The molecule has 0 aliphatic heterocycles. The molecule has 1 aliphatic rings. The lowest BCUT2D eigenvalue weighted by atomic mass is 10.2. The van der Waals surface area contributed by atoms with Crippen molar-refractivity contribution in [2.24, 2.45) is 5.92 Å². The maximum atomic E-state index is 3.68. The molecule has 3 heteroatoms. The number of hydrogen-bond acceptors (Lipinski definition) is 2. The van der Waals surface area contributed by atoms with Crippen LogP contribution >= 0.6 is 15.9 Å². The summed E-state index contributed by atoms with van der Waals surface area (Å²) >= 11 is 3.68. The molecule has 0 spiro atoms. The Morgan fingerprint density at radius 3 is 2.78 bits per heavy atom. The van der Waals surface area contributed by atoms with Gasteiger partial charge < -0.3 is 10.2 Å². The average molecular weight is 311 g/mol. The van der Waals surface area contributed by atoms with Gasteiger partial charge in [0.25, 0.3) is 0 Å². The Balaban J connectivity index is 1.94. The van der Waals surface area contributed by atoms with Crippen LogP contribution in [0.25, 0.3) is 0 Å². The van der Waals surface area contributed by atoms with Gasteiger partial charge in [-0.15, -0.1) is 0 Å². The summed E-state index contributed by atoms with van der Waals surface area (Å²) in [6.45, 7) is 5.41. The molecular weight excluding hydrogens is 288 g/mol. The Labute approximate surface area is 119 Å². The highest BCUT2D eigenvalue weighted by Crippen LogP contribution is 2.31. The van der Waals surface area contributed by atoms with Crippen molar-refractivity contribution in [2.45, 2.75) is 32.7 Å². The highest BCUT2D eigenvalue weighted by molar-refractivity contribution is 9.10. The van der Waals surface area contributed by atoms with Gasteiger partial charge in [-0.2, -0.15) is 0 Å². The summed E-state index contributed by atoms with van der Waals surface area (Å²) in [6, 6.07) is 6.70. The van der Waals surface area contributed by atoms with Crippen molar-refractivity contribution in [1.29, 1.82) is 0 Å². The number of halogens is 1. The van der Waals surface area contributed by atoms with Crippen LogP contribution in [0.1, 0.15) is 31.7 Å². The molecule has 1 aliphatic carbocycles. The number of benzene rings is 1. The zero-order chi connectivity index (χ0) is 13.0. The van der Waals surface area contributed by atoms with E-state index in [0.717, 1.165) is 19.0 Å². The van der Waals surface area contributed by atoms with E-state index in [1.165, 1.54) is 41.5 Å². The van der Waals surface area contributed by atoms with Crippen LogP contribution in [0, 0.1) is 5.92 Å². The van der Waals surface area contributed by atoms with Crippen LogP contribution in [-0.4, -0.2) is 20.1 Å². The standard InChI is InChI=1S/C15H23BrN2/c1-3-8-17-10-13-6-7-14(9-15(13)16)18(2)11-12-4-5-12/h6-7,9,12,17H,3-5,8,10-11H2,1-2H3. The van der Waals surface area contributed by atoms with Gasteiger partial charge in [0.15, 0.2) is 0 Å². The first-order chi connectivity index (χ1) is 8.70. The number of hydrogen-bond donors (Lipinski definition) is 1. The summed E-state index contributed by atoms with van der Waals surface area (Å²) in [6.07, 6.45) is 3.99. The summed E-state index contributed by atoms with van der Waals surface area (Å²) in [5.74, 6) is 0.930. The average Bonchev–Trinajstić information content (AvgIpc) is 3.15. The summed E-state index contributed by atoms with van der Waals surface area (Å²) in [4.78, 5) is 2.37. The topological polar surface area (TPSA) is 15.3 Å². The van der Waals surface area contributed by atoms with Gasteiger partial charge in [0.05, 0.1) is 0 Å². The fourth-order valence-corrected chi connectivity index (χ4v) is 2.62. The second-order valence-electron chi connectivity index (χ2n) is 5.28. The fraction of sp³-hybridized carbons (Fsp3) is 0.600. The van der Waals surface area contributed by atoms with Crippen molar-refractivity contribution in [2.75, 3.05) is 25.0 Å². The van der Waals surface area contributed by atoms with E-state index in [2.05, 4.69) is 58.3 Å². The summed E-state index contributed by atoms with van der Waals surface area (Å²) in [5.41, 5.74) is 2.65. The van der Waals surface area contributed by atoms with Crippen LogP contribution in [0.5, 0.6) is 0 Å². The highest BCUT2D eigenvalue weighted by atomic mass is 79.9. The normalized spacial score (nSPS) is 14.8. The summed E-state index contributed by atoms with van der Waals surface area (Å²) in [7, 11) is 2.19. The molecule has 0 aromatic heterocycles. The Bertz CT molecular complexity index is 388. The lowest BCUT2D eigenvalue weighted by Crippen LogP contribution is -2.20. The fourth-order valence-electron chi connectivity index (χ4n) is 2.11. The van der Waals surface area contributed by atoms with Gasteiger partial charge >= 0.3 is 0 Å². The van der Waals surface area contributed by atoms with Crippen LogP contribution in [0.4, 0.5) is 5.69 Å². The first-order valence-corrected chi connectivity index (χ1v) is 7.70. The molecule has 1 N–H and O–H groups in total. The number of anilines is 1. The lowest BCUT2D eigenvalue weighted by molar-refractivity contribution is 0.674. The van der Waals surface area contributed by atoms with Crippen LogP contribution in [0.2, 0.25) is 0 Å². The molecule has 0 radical (unpaired) electrons. The molecule has 2 rings (SSSR count). The van der Waals surface area contributed by atoms with Crippen LogP contribution in [-0.2, 0) is 6.54 Å². The molecule has 0 saturated heterocycles. The predicted molar refractivity (Wildman–Crippen MR) is 82.1 cm³/mol. The van der Waals surface area contributed by atoms with Gasteiger partial charge in [0, 0.05) is 30.3 Å². The van der Waals surface area contributed by atoms with E-state index < -0.39 is 0 Å². The molecule has 18 heavy (non-hydrogen) atoms. The third-order valence-electron chi connectivity index (χ3n) is 3.45. The molecule has 0 atom stereocenters. The van der Waals surface area contributed by atoms with Gasteiger partial charge in [-0.3, -0.25) is 0 Å². The maximum absolute atomic E-state index is 3.68. The SMILES string of the molecule is CCCNCc1ccc(N(C)CC2CC2)cc1Br. The molecule has 0 amide bonds. The zero-order valence-electron chi connectivity index (χ0n) is 11.4. The molecule has 0 unspecified atom stereocenters. The van der Waals surface area contributed by atoms with Crippen molar-refractivity contribution in [3.63, 3.8) is 0 Å². The largest absolute Gasteiger partial charge is 0.374 e. The predicted octanol–water partition coefficient (Wildman–Crippen LogP) is 3.79. The monoisotopic (exact) mass is 310 g/mol. The van der Waals surface area contributed by atoms with E-state index in [4.69, 9.17) is 0 Å².